The largest absolute Gasteiger partial charge is 0.344 e. The van der Waals surface area contributed by atoms with Crippen LogP contribution in [0.2, 0.25) is 10.0 Å². The number of rotatable bonds is 10. The number of amides is 1. The molecule has 56 heavy (non-hydrogen) atoms. The summed E-state index contributed by atoms with van der Waals surface area (Å²) in [6.45, 7) is -0.977. The number of benzene rings is 3. The van der Waals surface area contributed by atoms with Gasteiger partial charge in [0, 0.05) is 36.0 Å². The maximum Gasteiger partial charge on any atom is 0.293 e. The van der Waals surface area contributed by atoms with Crippen LogP contribution >= 0.6 is 23.2 Å². The number of anilines is 1. The van der Waals surface area contributed by atoms with Crippen LogP contribution in [0.3, 0.4) is 0 Å². The van der Waals surface area contributed by atoms with Crippen molar-refractivity contribution in [3.63, 3.8) is 0 Å². The van der Waals surface area contributed by atoms with Gasteiger partial charge in [0.15, 0.2) is 5.82 Å². The van der Waals surface area contributed by atoms with Crippen molar-refractivity contribution in [2.45, 2.75) is 43.7 Å². The molecule has 0 spiro atoms. The average Bonchev–Trinajstić information content (AvgIpc) is 3.63. The Kier molecular flexibility index (Phi) is 8.92. The first kappa shape index (κ1) is 37.8. The zero-order valence-electron chi connectivity index (χ0n) is 28.8. The van der Waals surface area contributed by atoms with Crippen molar-refractivity contribution < 1.29 is 39.6 Å². The van der Waals surface area contributed by atoms with E-state index in [9.17, 15) is 35.6 Å². The van der Waals surface area contributed by atoms with Crippen LogP contribution in [-0.2, 0) is 40.8 Å². The minimum atomic E-state index is -3.89. The van der Waals surface area contributed by atoms with Gasteiger partial charge in [-0.1, -0.05) is 23.2 Å². The van der Waals surface area contributed by atoms with Gasteiger partial charge in [-0.3, -0.25) is 28.2 Å². The van der Waals surface area contributed by atoms with Gasteiger partial charge in [-0.25, -0.2) is 31.0 Å². The summed E-state index contributed by atoms with van der Waals surface area (Å²) in [5.41, 5.74) is -2.56. The lowest BCUT2D eigenvalue weighted by molar-refractivity contribution is -0.123. The second kappa shape index (κ2) is 13.2. The normalized spacial score (nSPS) is 17.7. The second-order valence-electron chi connectivity index (χ2n) is 13.7. The third-order valence-electron chi connectivity index (χ3n) is 9.77. The summed E-state index contributed by atoms with van der Waals surface area (Å²) in [7, 11) is -2.45. The molecule has 3 aromatic carbocycles. The van der Waals surface area contributed by atoms with Crippen LogP contribution < -0.4 is 15.6 Å². The van der Waals surface area contributed by atoms with Crippen molar-refractivity contribution in [3.8, 4) is 5.69 Å². The molecule has 0 aliphatic heterocycles. The number of nitrogens with one attached hydrogen (secondary N) is 2. The second-order valence-corrected chi connectivity index (χ2v) is 16.3. The van der Waals surface area contributed by atoms with E-state index < -0.39 is 87.7 Å². The van der Waals surface area contributed by atoms with E-state index in [-0.39, 0.29) is 66.7 Å². The topological polar surface area (TPSA) is 146 Å². The summed E-state index contributed by atoms with van der Waals surface area (Å²) in [6.07, 6.45) is -2.76. The van der Waals surface area contributed by atoms with Crippen LogP contribution in [0.1, 0.15) is 53.1 Å². The van der Waals surface area contributed by atoms with E-state index in [1.54, 1.807) is 0 Å². The minimum absolute atomic E-state index is 0.000498. The molecule has 21 heteroatoms. The molecule has 6 aromatic rings. The molecule has 1 fully saturated rings. The third kappa shape index (κ3) is 6.44. The fourth-order valence-electron chi connectivity index (χ4n) is 7.55. The summed E-state index contributed by atoms with van der Waals surface area (Å²) < 4.78 is 117. The summed E-state index contributed by atoms with van der Waals surface area (Å²) in [5, 5.41) is 10.9. The van der Waals surface area contributed by atoms with E-state index in [2.05, 4.69) is 25.2 Å². The quantitative estimate of drug-likeness (QED) is 0.147. The Morgan fingerprint density at radius 3 is 2.45 bits per heavy atom. The lowest BCUT2D eigenvalue weighted by atomic mass is 10.0. The molecule has 12 nitrogen and oxygen atoms in total. The first-order valence-electron chi connectivity index (χ1n) is 16.7. The van der Waals surface area contributed by atoms with Crippen molar-refractivity contribution in [3.05, 3.63) is 109 Å². The maximum absolute atomic E-state index is 15.4. The molecule has 3 heterocycles. The molecule has 8 rings (SSSR count). The SMILES string of the molecule is Cn1nc(NS(C)(=O)=O)c2c(Cl)ccc(-n3c([C@H](Cc4cc(F)cc(F)c4)NC(=O)Cn4nc(C(F)F)c5c4C(F)(F)[C@@H]4C[C@H]54)nc4cc(Cl)ccc4c3=O)c21. The van der Waals surface area contributed by atoms with Crippen molar-refractivity contribution in [2.75, 3.05) is 11.0 Å². The summed E-state index contributed by atoms with van der Waals surface area (Å²) in [5.74, 6) is -9.02. The fraction of sp³-hybridized carbons (Fsp3) is 0.286. The molecule has 0 unspecified atom stereocenters. The van der Waals surface area contributed by atoms with E-state index in [0.29, 0.717) is 10.7 Å². The summed E-state index contributed by atoms with van der Waals surface area (Å²) in [4.78, 5) is 33.2. The van der Waals surface area contributed by atoms with E-state index in [1.165, 1.54) is 42.1 Å². The van der Waals surface area contributed by atoms with Crippen molar-refractivity contribution in [1.82, 2.24) is 34.4 Å². The van der Waals surface area contributed by atoms with Gasteiger partial charge in [0.1, 0.15) is 35.4 Å². The van der Waals surface area contributed by atoms with E-state index in [0.717, 1.165) is 23.0 Å². The number of carbonyl (C=O) groups excluding carboxylic acids is 1. The molecule has 3 atom stereocenters. The third-order valence-corrected chi connectivity index (χ3v) is 10.9. The molecule has 0 bridgehead atoms. The first-order chi connectivity index (χ1) is 26.3. The molecule has 3 aromatic heterocycles. The number of carbonyl (C=O) groups is 1. The summed E-state index contributed by atoms with van der Waals surface area (Å²) >= 11 is 12.8. The van der Waals surface area contributed by atoms with Crippen LogP contribution in [0.4, 0.5) is 32.2 Å². The highest BCUT2D eigenvalue weighted by molar-refractivity contribution is 7.92. The van der Waals surface area contributed by atoms with Gasteiger partial charge < -0.3 is 5.32 Å². The molecule has 2 aliphatic rings. The van der Waals surface area contributed by atoms with Crippen LogP contribution in [0, 0.1) is 17.6 Å². The van der Waals surface area contributed by atoms with Gasteiger partial charge in [-0.05, 0) is 60.4 Å². The van der Waals surface area contributed by atoms with Crippen LogP contribution in [0.25, 0.3) is 27.5 Å². The number of aryl methyl sites for hydroxylation is 1. The van der Waals surface area contributed by atoms with Crippen molar-refractivity contribution >= 4 is 66.8 Å². The van der Waals surface area contributed by atoms with Gasteiger partial charge in [0.05, 0.1) is 44.8 Å². The van der Waals surface area contributed by atoms with Gasteiger partial charge in [-0.15, -0.1) is 0 Å². The fourth-order valence-corrected chi connectivity index (χ4v) is 8.46. The average molecular weight is 840 g/mol. The predicted octanol–water partition coefficient (Wildman–Crippen LogP) is 6.67. The Morgan fingerprint density at radius 2 is 1.77 bits per heavy atom. The zero-order chi connectivity index (χ0) is 40.2. The Bertz CT molecular complexity index is 2810. The molecule has 2 aliphatic carbocycles. The number of nitrogens with zero attached hydrogens (tertiary/aromatic N) is 6. The molecule has 0 radical (unpaired) electrons. The molecule has 1 amide bonds. The lowest BCUT2D eigenvalue weighted by Gasteiger charge is -2.24. The molecular weight excluding hydrogens is 813 g/mol. The molecule has 0 saturated heterocycles. The first-order valence-corrected chi connectivity index (χ1v) is 19.3. The number of hydrogen-bond donors (Lipinski definition) is 2. The van der Waals surface area contributed by atoms with Crippen LogP contribution in [0.15, 0.2) is 53.3 Å². The lowest BCUT2D eigenvalue weighted by Crippen LogP contribution is -2.38. The molecule has 2 N–H and O–H groups in total. The van der Waals surface area contributed by atoms with Gasteiger partial charge in [0.2, 0.25) is 15.9 Å². The Balaban J connectivity index is 1.32. The van der Waals surface area contributed by atoms with Crippen molar-refractivity contribution in [2.24, 2.45) is 13.0 Å². The molecule has 292 valence electrons. The van der Waals surface area contributed by atoms with Gasteiger partial charge >= 0.3 is 0 Å². The minimum Gasteiger partial charge on any atom is -0.344 e. The van der Waals surface area contributed by atoms with Crippen LogP contribution in [-0.4, -0.2) is 49.7 Å². The number of fused-ring (bicyclic) bond motifs is 5. The Morgan fingerprint density at radius 1 is 1.05 bits per heavy atom. The number of hydrogen-bond acceptors (Lipinski definition) is 7. The number of aromatic nitrogens is 6. The Hall–Kier alpha value is -5.14. The standard InChI is InChI=1S/C35H26Cl2F6N8O4S/c1-49-29-24(6-5-21(37)27(29)32(47-49)48-56(2,54)55)51-33(45-22-10-15(36)3-4-18(22)34(51)53)23(9-14-7-16(38)11-17(39)8-14)44-25(52)13-50-30-26(28(46-50)31(40)41)19-12-20(19)35(30,42)43/h3-8,10-11,19-20,23,31H,9,12-13H2,1-2H3,(H,44,52)(H,47,48)/t19-,20+,23-/m0/s1. The molecular formula is C35H26Cl2F6N8O4S. The molecule has 1 saturated carbocycles. The van der Waals surface area contributed by atoms with Gasteiger partial charge in [-0.2, -0.15) is 19.0 Å². The predicted molar refractivity (Wildman–Crippen MR) is 193 cm³/mol. The zero-order valence-corrected chi connectivity index (χ0v) is 31.1. The Labute approximate surface area is 322 Å². The number of halogens is 8. The van der Waals surface area contributed by atoms with E-state index in [1.807, 2.05) is 0 Å². The van der Waals surface area contributed by atoms with E-state index in [4.69, 9.17) is 23.2 Å². The van der Waals surface area contributed by atoms with Crippen LogP contribution in [0.5, 0.6) is 0 Å². The highest BCUT2D eigenvalue weighted by Crippen LogP contribution is 2.68. The van der Waals surface area contributed by atoms with Crippen molar-refractivity contribution in [1.29, 1.82) is 0 Å². The number of alkyl halides is 4. The maximum atomic E-state index is 15.4. The number of sulfonamides is 1. The highest BCUT2D eigenvalue weighted by Gasteiger charge is 2.67. The van der Waals surface area contributed by atoms with E-state index >= 15 is 8.78 Å². The van der Waals surface area contributed by atoms with Gasteiger partial charge in [0.25, 0.3) is 17.9 Å². The smallest absolute Gasteiger partial charge is 0.293 e. The summed E-state index contributed by atoms with van der Waals surface area (Å²) in [6, 6.07) is 7.98. The highest BCUT2D eigenvalue weighted by atomic mass is 35.5. The monoisotopic (exact) mass is 838 g/mol.